The van der Waals surface area contributed by atoms with Crippen molar-refractivity contribution in [1.82, 2.24) is 0 Å². The molecule has 2 N–H and O–H groups in total. The van der Waals surface area contributed by atoms with E-state index < -0.39 is 6.10 Å². The number of hydrogen-bond donors (Lipinski definition) is 2. The maximum absolute atomic E-state index is 11.0. The summed E-state index contributed by atoms with van der Waals surface area (Å²) < 4.78 is 0. The second kappa shape index (κ2) is 7.33. The molecule has 0 aromatic heterocycles. The van der Waals surface area contributed by atoms with Crippen LogP contribution in [0.3, 0.4) is 0 Å². The van der Waals surface area contributed by atoms with Gasteiger partial charge >= 0.3 is 0 Å². The number of aryl methyl sites for hydroxylation is 2. The molecule has 0 aliphatic carbocycles. The molecule has 0 saturated carbocycles. The summed E-state index contributed by atoms with van der Waals surface area (Å²) >= 11 is 0. The summed E-state index contributed by atoms with van der Waals surface area (Å²) in [7, 11) is 0. The van der Waals surface area contributed by atoms with Crippen LogP contribution in [0.1, 0.15) is 34.4 Å². The van der Waals surface area contributed by atoms with Crippen molar-refractivity contribution in [3.63, 3.8) is 0 Å². The zero-order valence-corrected chi connectivity index (χ0v) is 14.1. The Morgan fingerprint density at radius 1 is 0.667 bits per heavy atom. The van der Waals surface area contributed by atoms with Crippen molar-refractivity contribution >= 4 is 5.69 Å². The third kappa shape index (κ3) is 3.50. The van der Waals surface area contributed by atoms with Crippen molar-refractivity contribution in [2.45, 2.75) is 26.0 Å². The van der Waals surface area contributed by atoms with Crippen molar-refractivity contribution in [3.8, 4) is 0 Å². The summed E-state index contributed by atoms with van der Waals surface area (Å²) in [4.78, 5) is 0. The number of aliphatic hydroxyl groups is 1. The summed E-state index contributed by atoms with van der Waals surface area (Å²) in [5, 5.41) is 14.6. The number of anilines is 1. The largest absolute Gasteiger partial charge is 0.386 e. The van der Waals surface area contributed by atoms with E-state index in [1.54, 1.807) is 0 Å². The van der Waals surface area contributed by atoms with Crippen molar-refractivity contribution in [3.05, 3.63) is 101 Å². The number of hydrogen-bond acceptors (Lipinski definition) is 2. The fourth-order valence-corrected chi connectivity index (χ4v) is 3.05. The monoisotopic (exact) mass is 317 g/mol. The maximum atomic E-state index is 11.0. The van der Waals surface area contributed by atoms with Crippen LogP contribution >= 0.6 is 0 Å². The van der Waals surface area contributed by atoms with E-state index in [4.69, 9.17) is 0 Å². The molecule has 3 aromatic rings. The molecule has 0 radical (unpaired) electrons. The normalized spacial score (nSPS) is 13.3. The minimum absolute atomic E-state index is 0.214. The standard InChI is InChI=1S/C22H23NO/c1-16-10-9-11-17(2)20(16)23-21(18-12-5-3-6-13-18)22(24)19-14-7-4-8-15-19/h3-15,21-24H,1-2H3/t21-,22-/m1/s1. The molecule has 0 aliphatic heterocycles. The molecule has 0 heterocycles. The first kappa shape index (κ1) is 16.3. The van der Waals surface area contributed by atoms with Crippen LogP contribution in [0, 0.1) is 13.8 Å². The van der Waals surface area contributed by atoms with Crippen molar-refractivity contribution in [1.29, 1.82) is 0 Å². The van der Waals surface area contributed by atoms with Gasteiger partial charge < -0.3 is 10.4 Å². The van der Waals surface area contributed by atoms with Gasteiger partial charge in [0.25, 0.3) is 0 Å². The van der Waals surface area contributed by atoms with Crippen molar-refractivity contribution < 1.29 is 5.11 Å². The number of nitrogens with one attached hydrogen (secondary N) is 1. The average Bonchev–Trinajstić information content (AvgIpc) is 2.62. The molecule has 0 fully saturated rings. The Balaban J connectivity index is 2.00. The minimum atomic E-state index is -0.632. The molecule has 0 spiro atoms. The second-order valence-corrected chi connectivity index (χ2v) is 6.16. The van der Waals surface area contributed by atoms with Gasteiger partial charge in [-0.25, -0.2) is 0 Å². The quantitative estimate of drug-likeness (QED) is 0.678. The highest BCUT2D eigenvalue weighted by molar-refractivity contribution is 5.58. The van der Waals surface area contributed by atoms with Crippen LogP contribution < -0.4 is 5.32 Å². The molecule has 0 aliphatic rings. The van der Waals surface area contributed by atoms with Gasteiger partial charge in [0.05, 0.1) is 6.04 Å². The zero-order valence-electron chi connectivity index (χ0n) is 14.1. The fraction of sp³-hybridized carbons (Fsp3) is 0.182. The average molecular weight is 317 g/mol. The van der Waals surface area contributed by atoms with E-state index >= 15 is 0 Å². The molecule has 2 atom stereocenters. The van der Waals surface area contributed by atoms with Crippen LogP contribution in [0.15, 0.2) is 78.9 Å². The fourth-order valence-electron chi connectivity index (χ4n) is 3.05. The van der Waals surface area contributed by atoms with Crippen LogP contribution in [-0.4, -0.2) is 5.11 Å². The highest BCUT2D eigenvalue weighted by Gasteiger charge is 2.23. The van der Waals surface area contributed by atoms with Gasteiger partial charge in [-0.2, -0.15) is 0 Å². The van der Waals surface area contributed by atoms with Crippen molar-refractivity contribution in [2.75, 3.05) is 5.32 Å². The highest BCUT2D eigenvalue weighted by Crippen LogP contribution is 2.34. The van der Waals surface area contributed by atoms with E-state index in [-0.39, 0.29) is 6.04 Å². The van der Waals surface area contributed by atoms with Gasteiger partial charge in [-0.1, -0.05) is 78.9 Å². The van der Waals surface area contributed by atoms with Crippen LogP contribution in [0.4, 0.5) is 5.69 Å². The van der Waals surface area contributed by atoms with Gasteiger partial charge in [0.15, 0.2) is 0 Å². The second-order valence-electron chi connectivity index (χ2n) is 6.16. The van der Waals surface area contributed by atoms with E-state index in [0.29, 0.717) is 0 Å². The number of para-hydroxylation sites is 1. The molecular formula is C22H23NO. The smallest absolute Gasteiger partial charge is 0.103 e. The zero-order chi connectivity index (χ0) is 16.9. The van der Waals surface area contributed by atoms with E-state index in [1.165, 1.54) is 11.1 Å². The lowest BCUT2D eigenvalue weighted by atomic mass is 9.94. The minimum Gasteiger partial charge on any atom is -0.386 e. The maximum Gasteiger partial charge on any atom is 0.103 e. The molecule has 2 heteroatoms. The molecule has 0 unspecified atom stereocenters. The molecule has 0 bridgehead atoms. The Labute approximate surface area is 143 Å². The SMILES string of the molecule is Cc1cccc(C)c1N[C@H](c1ccccc1)[C@H](O)c1ccccc1. The van der Waals surface area contributed by atoms with Crippen LogP contribution in [-0.2, 0) is 0 Å². The Kier molecular flexibility index (Phi) is 4.97. The van der Waals surface area contributed by atoms with Crippen LogP contribution in [0.5, 0.6) is 0 Å². The summed E-state index contributed by atoms with van der Waals surface area (Å²) in [6, 6.07) is 25.9. The lowest BCUT2D eigenvalue weighted by molar-refractivity contribution is 0.155. The lowest BCUT2D eigenvalue weighted by Gasteiger charge is -2.27. The lowest BCUT2D eigenvalue weighted by Crippen LogP contribution is -2.20. The Bertz CT molecular complexity index is 763. The van der Waals surface area contributed by atoms with Gasteiger partial charge in [0, 0.05) is 5.69 Å². The molecule has 122 valence electrons. The van der Waals surface area contributed by atoms with Gasteiger partial charge in [-0.15, -0.1) is 0 Å². The predicted molar refractivity (Wildman–Crippen MR) is 100 cm³/mol. The van der Waals surface area contributed by atoms with Gasteiger partial charge in [-0.3, -0.25) is 0 Å². The first-order valence-electron chi connectivity index (χ1n) is 8.27. The highest BCUT2D eigenvalue weighted by atomic mass is 16.3. The first-order chi connectivity index (χ1) is 11.7. The molecule has 0 amide bonds. The summed E-state index contributed by atoms with van der Waals surface area (Å²) in [6.07, 6.45) is -0.632. The number of rotatable bonds is 5. The van der Waals surface area contributed by atoms with Gasteiger partial charge in [0.1, 0.15) is 6.10 Å². The molecule has 3 aromatic carbocycles. The van der Waals surface area contributed by atoms with E-state index in [1.807, 2.05) is 48.5 Å². The Hall–Kier alpha value is -2.58. The Morgan fingerprint density at radius 3 is 1.71 bits per heavy atom. The number of aliphatic hydroxyl groups excluding tert-OH is 1. The Morgan fingerprint density at radius 2 is 1.17 bits per heavy atom. The van der Waals surface area contributed by atoms with Crippen LogP contribution in [0.2, 0.25) is 0 Å². The third-order valence-corrected chi connectivity index (χ3v) is 4.40. The van der Waals surface area contributed by atoms with Gasteiger partial charge in [-0.05, 0) is 36.1 Å². The molecule has 3 rings (SSSR count). The number of benzene rings is 3. The van der Waals surface area contributed by atoms with E-state index in [0.717, 1.165) is 16.8 Å². The summed E-state index contributed by atoms with van der Waals surface area (Å²) in [5.74, 6) is 0. The third-order valence-electron chi connectivity index (χ3n) is 4.40. The molecule has 2 nitrogen and oxygen atoms in total. The summed E-state index contributed by atoms with van der Waals surface area (Å²) in [5.41, 5.74) is 5.41. The predicted octanol–water partition coefficient (Wildman–Crippen LogP) is 5.19. The van der Waals surface area contributed by atoms with Crippen molar-refractivity contribution in [2.24, 2.45) is 0 Å². The first-order valence-corrected chi connectivity index (χ1v) is 8.27. The molecule has 0 saturated heterocycles. The van der Waals surface area contributed by atoms with E-state index in [9.17, 15) is 5.11 Å². The summed E-state index contributed by atoms with van der Waals surface area (Å²) in [6.45, 7) is 4.18. The molecule has 24 heavy (non-hydrogen) atoms. The van der Waals surface area contributed by atoms with Crippen LogP contribution in [0.25, 0.3) is 0 Å². The topological polar surface area (TPSA) is 32.3 Å². The van der Waals surface area contributed by atoms with Gasteiger partial charge in [0.2, 0.25) is 0 Å². The molecular weight excluding hydrogens is 294 g/mol. The van der Waals surface area contributed by atoms with E-state index in [2.05, 4.69) is 49.5 Å².